The van der Waals surface area contributed by atoms with Crippen molar-refractivity contribution in [1.82, 2.24) is 14.4 Å². The fourth-order valence-corrected chi connectivity index (χ4v) is 5.04. The van der Waals surface area contributed by atoms with Crippen molar-refractivity contribution in [2.45, 2.75) is 17.9 Å². The van der Waals surface area contributed by atoms with Gasteiger partial charge in [-0.2, -0.15) is 0 Å². The van der Waals surface area contributed by atoms with Crippen LogP contribution in [0.25, 0.3) is 11.1 Å². The van der Waals surface area contributed by atoms with E-state index in [-0.39, 0.29) is 28.6 Å². The van der Waals surface area contributed by atoms with Gasteiger partial charge < -0.3 is 9.32 Å². The molecule has 0 saturated carbocycles. The summed E-state index contributed by atoms with van der Waals surface area (Å²) in [7, 11) is -2.11. The number of benzene rings is 2. The van der Waals surface area contributed by atoms with Crippen molar-refractivity contribution in [3.63, 3.8) is 0 Å². The Morgan fingerprint density at radius 2 is 1.74 bits per heavy atom. The molecule has 1 aromatic heterocycles. The van der Waals surface area contributed by atoms with Crippen LogP contribution in [0.15, 0.2) is 62.6 Å². The van der Waals surface area contributed by atoms with E-state index in [1.807, 2.05) is 18.2 Å². The quantitative estimate of drug-likeness (QED) is 0.575. The van der Waals surface area contributed by atoms with Gasteiger partial charge in [0, 0.05) is 52.3 Å². The molecule has 3 aromatic rings. The molecule has 9 heteroatoms. The standard InChI is InChI=1S/C22H25N3O5S/c1-23-19-8-7-18(15-20(19)30-22(23)27)31(28,29)14-9-21(26)25-12-10-24(11-13-25)16-17-5-3-2-4-6-17/h2-8,15H,9-14,16H2,1H3. The number of hydrogen-bond acceptors (Lipinski definition) is 6. The van der Waals surface area contributed by atoms with E-state index in [0.717, 1.165) is 19.6 Å². The lowest BCUT2D eigenvalue weighted by Crippen LogP contribution is -2.48. The molecule has 164 valence electrons. The fourth-order valence-electron chi connectivity index (χ4n) is 3.80. The molecule has 2 heterocycles. The molecule has 4 rings (SSSR count). The number of amides is 1. The first-order valence-corrected chi connectivity index (χ1v) is 11.8. The minimum Gasteiger partial charge on any atom is -0.408 e. The molecule has 1 saturated heterocycles. The zero-order valence-corrected chi connectivity index (χ0v) is 18.2. The van der Waals surface area contributed by atoms with E-state index in [4.69, 9.17) is 4.42 Å². The van der Waals surface area contributed by atoms with Crippen LogP contribution in [-0.2, 0) is 28.2 Å². The van der Waals surface area contributed by atoms with E-state index in [2.05, 4.69) is 17.0 Å². The molecule has 0 spiro atoms. The predicted octanol–water partition coefficient (Wildman–Crippen LogP) is 1.64. The summed E-state index contributed by atoms with van der Waals surface area (Å²) < 4.78 is 31.8. The third-order valence-corrected chi connectivity index (χ3v) is 7.40. The number of hydrogen-bond donors (Lipinski definition) is 0. The summed E-state index contributed by atoms with van der Waals surface area (Å²) in [5, 5.41) is 0. The number of sulfone groups is 1. The monoisotopic (exact) mass is 443 g/mol. The van der Waals surface area contributed by atoms with E-state index in [0.29, 0.717) is 18.6 Å². The Hall–Kier alpha value is -2.91. The molecule has 0 N–H and O–H groups in total. The van der Waals surface area contributed by atoms with Gasteiger partial charge in [-0.3, -0.25) is 14.3 Å². The first kappa shape index (κ1) is 21.3. The van der Waals surface area contributed by atoms with Gasteiger partial charge in [0.15, 0.2) is 15.4 Å². The number of rotatable bonds is 6. The summed E-state index contributed by atoms with van der Waals surface area (Å²) in [6.45, 7) is 3.54. The Bertz CT molecular complexity index is 1240. The highest BCUT2D eigenvalue weighted by atomic mass is 32.2. The van der Waals surface area contributed by atoms with Crippen molar-refractivity contribution in [2.75, 3.05) is 31.9 Å². The highest BCUT2D eigenvalue weighted by Gasteiger charge is 2.24. The van der Waals surface area contributed by atoms with Crippen LogP contribution in [0.5, 0.6) is 0 Å². The topological polar surface area (TPSA) is 92.8 Å². The first-order chi connectivity index (χ1) is 14.8. The molecule has 1 fully saturated rings. The molecule has 0 unspecified atom stereocenters. The van der Waals surface area contributed by atoms with Crippen LogP contribution in [0.1, 0.15) is 12.0 Å². The van der Waals surface area contributed by atoms with Gasteiger partial charge in [0.2, 0.25) is 5.91 Å². The zero-order valence-electron chi connectivity index (χ0n) is 17.4. The number of nitrogens with zero attached hydrogens (tertiary/aromatic N) is 3. The third-order valence-electron chi connectivity index (χ3n) is 5.68. The molecule has 1 aliphatic heterocycles. The average molecular weight is 444 g/mol. The average Bonchev–Trinajstić information content (AvgIpc) is 3.06. The third kappa shape index (κ3) is 4.72. The van der Waals surface area contributed by atoms with Gasteiger partial charge in [-0.15, -0.1) is 0 Å². The molecule has 1 amide bonds. The molecular formula is C22H25N3O5S. The van der Waals surface area contributed by atoms with E-state index < -0.39 is 15.6 Å². The minimum absolute atomic E-state index is 0.0508. The highest BCUT2D eigenvalue weighted by Crippen LogP contribution is 2.20. The van der Waals surface area contributed by atoms with Gasteiger partial charge in [0.05, 0.1) is 16.2 Å². The van der Waals surface area contributed by atoms with Crippen molar-refractivity contribution in [3.05, 3.63) is 64.6 Å². The SMILES string of the molecule is Cn1c(=O)oc2cc(S(=O)(=O)CCC(=O)N3CCN(Cc4ccccc4)CC3)ccc21. The van der Waals surface area contributed by atoms with Gasteiger partial charge in [0.1, 0.15) is 0 Å². The number of fused-ring (bicyclic) bond motifs is 1. The second kappa shape index (κ2) is 8.68. The summed E-state index contributed by atoms with van der Waals surface area (Å²) in [4.78, 5) is 28.3. The molecule has 0 aliphatic carbocycles. The van der Waals surface area contributed by atoms with Crippen LogP contribution in [0.3, 0.4) is 0 Å². The maximum Gasteiger partial charge on any atom is 0.419 e. The maximum absolute atomic E-state index is 12.7. The summed E-state index contributed by atoms with van der Waals surface area (Å²) in [5.74, 6) is -0.986. The van der Waals surface area contributed by atoms with Crippen molar-refractivity contribution in [2.24, 2.45) is 7.05 Å². The lowest BCUT2D eigenvalue weighted by molar-refractivity contribution is -0.132. The molecule has 31 heavy (non-hydrogen) atoms. The summed E-state index contributed by atoms with van der Waals surface area (Å²) in [6.07, 6.45) is -0.0716. The van der Waals surface area contributed by atoms with Crippen molar-refractivity contribution < 1.29 is 17.6 Å². The first-order valence-electron chi connectivity index (χ1n) is 10.2. The van der Waals surface area contributed by atoms with Crippen molar-refractivity contribution >= 4 is 26.8 Å². The van der Waals surface area contributed by atoms with Crippen LogP contribution >= 0.6 is 0 Å². The van der Waals surface area contributed by atoms with Crippen molar-refractivity contribution in [3.8, 4) is 0 Å². The molecule has 1 aliphatic rings. The van der Waals surface area contributed by atoms with Crippen LogP contribution < -0.4 is 5.76 Å². The lowest BCUT2D eigenvalue weighted by atomic mass is 10.2. The Kier molecular flexibility index (Phi) is 5.97. The van der Waals surface area contributed by atoms with E-state index in [9.17, 15) is 18.0 Å². The largest absolute Gasteiger partial charge is 0.419 e. The Balaban J connectivity index is 1.32. The van der Waals surface area contributed by atoms with E-state index in [1.165, 1.54) is 22.3 Å². The molecule has 2 aromatic carbocycles. The number of carbonyl (C=O) groups is 1. The van der Waals surface area contributed by atoms with Gasteiger partial charge in [0.25, 0.3) is 0 Å². The van der Waals surface area contributed by atoms with Gasteiger partial charge in [-0.1, -0.05) is 30.3 Å². The number of piperazine rings is 1. The zero-order chi connectivity index (χ0) is 22.0. The van der Waals surface area contributed by atoms with E-state index >= 15 is 0 Å². The second-order valence-electron chi connectivity index (χ2n) is 7.77. The normalized spacial score (nSPS) is 15.5. The molecule has 0 radical (unpaired) electrons. The smallest absolute Gasteiger partial charge is 0.408 e. The number of oxazole rings is 1. The summed E-state index contributed by atoms with van der Waals surface area (Å²) in [6, 6.07) is 14.5. The second-order valence-corrected chi connectivity index (χ2v) is 9.88. The Morgan fingerprint density at radius 3 is 2.45 bits per heavy atom. The van der Waals surface area contributed by atoms with Gasteiger partial charge in [-0.05, 0) is 17.7 Å². The summed E-state index contributed by atoms with van der Waals surface area (Å²) >= 11 is 0. The highest BCUT2D eigenvalue weighted by molar-refractivity contribution is 7.91. The minimum atomic E-state index is -3.67. The molecule has 0 bridgehead atoms. The van der Waals surface area contributed by atoms with Crippen molar-refractivity contribution in [1.29, 1.82) is 0 Å². The maximum atomic E-state index is 12.7. The molecule has 8 nitrogen and oxygen atoms in total. The van der Waals surface area contributed by atoms with Gasteiger partial charge >= 0.3 is 5.76 Å². The Labute approximate surface area is 180 Å². The van der Waals surface area contributed by atoms with Crippen LogP contribution in [-0.4, -0.2) is 60.6 Å². The number of aryl methyl sites for hydroxylation is 1. The van der Waals surface area contributed by atoms with Crippen LogP contribution in [0, 0.1) is 0 Å². The van der Waals surface area contributed by atoms with E-state index in [1.54, 1.807) is 18.0 Å². The Morgan fingerprint density at radius 1 is 1.03 bits per heavy atom. The lowest BCUT2D eigenvalue weighted by Gasteiger charge is -2.34. The predicted molar refractivity (Wildman–Crippen MR) is 116 cm³/mol. The number of carbonyl (C=O) groups excluding carboxylic acids is 1. The number of aromatic nitrogens is 1. The molecular weight excluding hydrogens is 418 g/mol. The molecule has 0 atom stereocenters. The van der Waals surface area contributed by atoms with Crippen LogP contribution in [0.4, 0.5) is 0 Å². The van der Waals surface area contributed by atoms with Gasteiger partial charge in [-0.25, -0.2) is 13.2 Å². The summed E-state index contributed by atoms with van der Waals surface area (Å²) in [5.41, 5.74) is 1.97. The van der Waals surface area contributed by atoms with Crippen LogP contribution in [0.2, 0.25) is 0 Å². The fraction of sp³-hybridized carbons (Fsp3) is 0.364.